The average Bonchev–Trinajstić information content (AvgIpc) is 2.57. The molecule has 18 heavy (non-hydrogen) atoms. The highest BCUT2D eigenvalue weighted by Gasteiger charge is 2.14. The fourth-order valence-electron chi connectivity index (χ4n) is 2.34. The van der Waals surface area contributed by atoms with Crippen molar-refractivity contribution in [2.45, 2.75) is 27.2 Å². The fraction of sp³-hybridized carbons (Fsp3) is 0.333. The van der Waals surface area contributed by atoms with Gasteiger partial charge in [-0.2, -0.15) is 5.10 Å². The molecule has 94 valence electrons. The molecule has 2 aromatic rings. The molecule has 0 N–H and O–H groups in total. The summed E-state index contributed by atoms with van der Waals surface area (Å²) in [4.78, 5) is 12.4. The van der Waals surface area contributed by atoms with Gasteiger partial charge in [-0.3, -0.25) is 9.48 Å². The molecule has 0 atom stereocenters. The number of rotatable bonds is 3. The lowest BCUT2D eigenvalue weighted by Gasteiger charge is -2.08. The van der Waals surface area contributed by atoms with E-state index in [1.54, 1.807) is 4.68 Å². The lowest BCUT2D eigenvalue weighted by Crippen LogP contribution is -2.10. The Balaban J connectivity index is 2.30. The molecule has 2 rings (SSSR count). The monoisotopic (exact) mass is 242 g/mol. The number of benzene rings is 1. The Morgan fingerprint density at radius 3 is 2.33 bits per heavy atom. The third kappa shape index (κ3) is 2.35. The second-order valence-corrected chi connectivity index (χ2v) is 4.77. The molecule has 0 fully saturated rings. The van der Waals surface area contributed by atoms with Gasteiger partial charge in [-0.05, 0) is 38.0 Å². The van der Waals surface area contributed by atoms with E-state index in [4.69, 9.17) is 0 Å². The lowest BCUT2D eigenvalue weighted by molar-refractivity contribution is 0.0989. The molecule has 0 aliphatic heterocycles. The Bertz CT molecular complexity index is 576. The van der Waals surface area contributed by atoms with E-state index in [-0.39, 0.29) is 5.78 Å². The summed E-state index contributed by atoms with van der Waals surface area (Å²) < 4.78 is 1.78. The summed E-state index contributed by atoms with van der Waals surface area (Å²) in [5.74, 6) is 0.161. The van der Waals surface area contributed by atoms with Crippen LogP contribution in [0.3, 0.4) is 0 Å². The fourth-order valence-corrected chi connectivity index (χ4v) is 2.34. The van der Waals surface area contributed by atoms with Crippen LogP contribution in [-0.2, 0) is 13.5 Å². The van der Waals surface area contributed by atoms with Crippen molar-refractivity contribution in [2.24, 2.45) is 7.05 Å². The van der Waals surface area contributed by atoms with E-state index in [2.05, 4.69) is 5.10 Å². The van der Waals surface area contributed by atoms with Gasteiger partial charge < -0.3 is 0 Å². The molecule has 1 aromatic heterocycles. The summed E-state index contributed by atoms with van der Waals surface area (Å²) in [5, 5.41) is 4.27. The number of carbonyl (C=O) groups excluding carboxylic acids is 1. The normalized spacial score (nSPS) is 10.7. The Morgan fingerprint density at radius 1 is 1.22 bits per heavy atom. The highest BCUT2D eigenvalue weighted by atomic mass is 16.1. The van der Waals surface area contributed by atoms with Crippen molar-refractivity contribution in [3.63, 3.8) is 0 Å². The van der Waals surface area contributed by atoms with Crippen molar-refractivity contribution in [1.29, 1.82) is 0 Å². The molecule has 0 aliphatic rings. The topological polar surface area (TPSA) is 34.9 Å². The molecule has 0 saturated heterocycles. The standard InChI is InChI=1S/C15H18N2O/c1-10-6-5-7-11(2)15(10)14(18)9-13-8-12(3)16-17(13)4/h5-8H,9H2,1-4H3. The zero-order valence-corrected chi connectivity index (χ0v) is 11.3. The first-order valence-electron chi connectivity index (χ1n) is 6.08. The van der Waals surface area contributed by atoms with Crippen molar-refractivity contribution in [1.82, 2.24) is 9.78 Å². The predicted molar refractivity (Wildman–Crippen MR) is 71.9 cm³/mol. The van der Waals surface area contributed by atoms with Crippen molar-refractivity contribution >= 4 is 5.78 Å². The van der Waals surface area contributed by atoms with Gasteiger partial charge in [-0.1, -0.05) is 18.2 Å². The van der Waals surface area contributed by atoms with Crippen LogP contribution in [0.2, 0.25) is 0 Å². The summed E-state index contributed by atoms with van der Waals surface area (Å²) in [5.41, 5.74) is 4.83. The van der Waals surface area contributed by atoms with Crippen LogP contribution >= 0.6 is 0 Å². The smallest absolute Gasteiger partial charge is 0.169 e. The molecular weight excluding hydrogens is 224 g/mol. The number of carbonyl (C=O) groups is 1. The second kappa shape index (κ2) is 4.77. The van der Waals surface area contributed by atoms with E-state index >= 15 is 0 Å². The minimum atomic E-state index is 0.161. The van der Waals surface area contributed by atoms with E-state index in [0.29, 0.717) is 6.42 Å². The second-order valence-electron chi connectivity index (χ2n) is 4.77. The van der Waals surface area contributed by atoms with Crippen LogP contribution in [0.1, 0.15) is 32.9 Å². The molecule has 1 aromatic carbocycles. The van der Waals surface area contributed by atoms with Crippen molar-refractivity contribution in [3.05, 3.63) is 52.3 Å². The first-order chi connectivity index (χ1) is 8.49. The Labute approximate surface area is 107 Å². The number of hydrogen-bond acceptors (Lipinski definition) is 2. The summed E-state index contributed by atoms with van der Waals surface area (Å²) >= 11 is 0. The van der Waals surface area contributed by atoms with Crippen molar-refractivity contribution in [2.75, 3.05) is 0 Å². The van der Waals surface area contributed by atoms with E-state index in [1.165, 1.54) is 0 Å². The zero-order chi connectivity index (χ0) is 13.3. The van der Waals surface area contributed by atoms with Crippen LogP contribution in [0.5, 0.6) is 0 Å². The Hall–Kier alpha value is -1.90. The van der Waals surface area contributed by atoms with Gasteiger partial charge >= 0.3 is 0 Å². The molecule has 3 nitrogen and oxygen atoms in total. The van der Waals surface area contributed by atoms with Crippen molar-refractivity contribution < 1.29 is 4.79 Å². The maximum Gasteiger partial charge on any atom is 0.169 e. The highest BCUT2D eigenvalue weighted by molar-refractivity contribution is 5.99. The van der Waals surface area contributed by atoms with Gasteiger partial charge in [-0.15, -0.1) is 0 Å². The van der Waals surface area contributed by atoms with Gasteiger partial charge in [-0.25, -0.2) is 0 Å². The lowest BCUT2D eigenvalue weighted by atomic mass is 9.96. The van der Waals surface area contributed by atoms with E-state index < -0.39 is 0 Å². The van der Waals surface area contributed by atoms with Gasteiger partial charge in [0.15, 0.2) is 5.78 Å². The number of aromatic nitrogens is 2. The largest absolute Gasteiger partial charge is 0.294 e. The summed E-state index contributed by atoms with van der Waals surface area (Å²) in [6.07, 6.45) is 0.406. The van der Waals surface area contributed by atoms with Crippen LogP contribution in [0.25, 0.3) is 0 Å². The summed E-state index contributed by atoms with van der Waals surface area (Å²) in [6, 6.07) is 7.91. The molecule has 0 amide bonds. The van der Waals surface area contributed by atoms with Crippen molar-refractivity contribution in [3.8, 4) is 0 Å². The molecular formula is C15H18N2O. The van der Waals surface area contributed by atoms with Gasteiger partial charge in [0.2, 0.25) is 0 Å². The number of nitrogens with zero attached hydrogens (tertiary/aromatic N) is 2. The molecule has 0 bridgehead atoms. The quantitative estimate of drug-likeness (QED) is 0.776. The Kier molecular flexibility index (Phi) is 3.32. The highest BCUT2D eigenvalue weighted by Crippen LogP contribution is 2.16. The molecule has 0 saturated carbocycles. The van der Waals surface area contributed by atoms with Gasteiger partial charge in [0.05, 0.1) is 12.1 Å². The number of hydrogen-bond donors (Lipinski definition) is 0. The zero-order valence-electron chi connectivity index (χ0n) is 11.3. The summed E-state index contributed by atoms with van der Waals surface area (Å²) in [7, 11) is 1.88. The third-order valence-electron chi connectivity index (χ3n) is 3.20. The summed E-state index contributed by atoms with van der Waals surface area (Å²) in [6.45, 7) is 5.90. The first kappa shape index (κ1) is 12.6. The maximum absolute atomic E-state index is 12.4. The van der Waals surface area contributed by atoms with Crippen LogP contribution < -0.4 is 0 Å². The first-order valence-corrected chi connectivity index (χ1v) is 6.08. The van der Waals surface area contributed by atoms with Gasteiger partial charge in [0.1, 0.15) is 0 Å². The maximum atomic E-state index is 12.4. The molecule has 0 unspecified atom stereocenters. The molecule has 1 heterocycles. The number of aryl methyl sites for hydroxylation is 4. The number of ketones is 1. The minimum absolute atomic E-state index is 0.161. The van der Waals surface area contributed by atoms with E-state index in [9.17, 15) is 4.79 Å². The van der Waals surface area contributed by atoms with Crippen LogP contribution in [0.4, 0.5) is 0 Å². The number of Topliss-reactive ketones (excluding diaryl/α,β-unsaturated/α-hetero) is 1. The van der Waals surface area contributed by atoms with Crippen LogP contribution in [0.15, 0.2) is 24.3 Å². The molecule has 0 radical (unpaired) electrons. The van der Waals surface area contributed by atoms with Gasteiger partial charge in [0.25, 0.3) is 0 Å². The Morgan fingerprint density at radius 2 is 1.83 bits per heavy atom. The third-order valence-corrected chi connectivity index (χ3v) is 3.20. The van der Waals surface area contributed by atoms with Gasteiger partial charge in [0, 0.05) is 18.3 Å². The van der Waals surface area contributed by atoms with E-state index in [0.717, 1.165) is 28.1 Å². The molecule has 0 spiro atoms. The average molecular weight is 242 g/mol. The van der Waals surface area contributed by atoms with E-state index in [1.807, 2.05) is 52.1 Å². The minimum Gasteiger partial charge on any atom is -0.294 e. The predicted octanol–water partition coefficient (Wildman–Crippen LogP) is 2.77. The SMILES string of the molecule is Cc1cc(CC(=O)c2c(C)cccc2C)n(C)n1. The molecule has 3 heteroatoms. The molecule has 0 aliphatic carbocycles. The van der Waals surface area contributed by atoms with Crippen LogP contribution in [-0.4, -0.2) is 15.6 Å². The van der Waals surface area contributed by atoms with Crippen LogP contribution in [0, 0.1) is 20.8 Å².